The number of allylic oxidation sites excluding steroid dienone is 12. The maximum atomic E-state index is 2.63. The zero-order chi connectivity index (χ0) is 25.7. The molecule has 10 bridgehead atoms. The maximum absolute atomic E-state index is 2.63. The van der Waals surface area contributed by atoms with Crippen LogP contribution < -0.4 is 0 Å². The SMILES string of the molecule is C1=CC2C(C1)C1CC2C2C3C=CC(C3)C12.C1=CC2C(C1)C1CC2C2C3CC(C4C5C=CC(C5)C34)C12.C1=CCC=C1. The van der Waals surface area contributed by atoms with Crippen molar-refractivity contribution in [3.05, 3.63) is 72.9 Å². The van der Waals surface area contributed by atoms with Crippen molar-refractivity contribution in [1.82, 2.24) is 0 Å². The van der Waals surface area contributed by atoms with E-state index in [1.807, 2.05) is 0 Å². The van der Waals surface area contributed by atoms with Gasteiger partial charge in [-0.2, -0.15) is 0 Å². The van der Waals surface area contributed by atoms with Crippen LogP contribution in [0.1, 0.15) is 51.4 Å². The van der Waals surface area contributed by atoms with Crippen LogP contribution in [0.3, 0.4) is 0 Å². The Hall–Kier alpha value is -1.56. The summed E-state index contributed by atoms with van der Waals surface area (Å²) in [6, 6.07) is 0. The van der Waals surface area contributed by atoms with E-state index in [9.17, 15) is 0 Å². The van der Waals surface area contributed by atoms with Crippen LogP contribution in [0.15, 0.2) is 72.9 Å². The van der Waals surface area contributed by atoms with Crippen LogP contribution in [0.4, 0.5) is 0 Å². The number of hydrogen-bond donors (Lipinski definition) is 0. The lowest BCUT2D eigenvalue weighted by atomic mass is 9.57. The smallest absolute Gasteiger partial charge is 0.0163 e. The van der Waals surface area contributed by atoms with Gasteiger partial charge in [-0.05, 0) is 170 Å². The Morgan fingerprint density at radius 2 is 0.750 bits per heavy atom. The zero-order valence-electron chi connectivity index (χ0n) is 24.1. The molecule has 0 heteroatoms. The molecule has 0 aromatic heterocycles. The summed E-state index contributed by atoms with van der Waals surface area (Å²) in [4.78, 5) is 0. The summed E-state index contributed by atoms with van der Waals surface area (Å²) >= 11 is 0. The first kappa shape index (κ1) is 23.0. The van der Waals surface area contributed by atoms with Gasteiger partial charge in [-0.1, -0.05) is 72.9 Å². The highest BCUT2D eigenvalue weighted by Crippen LogP contribution is 2.78. The average Bonchev–Trinajstić information content (AvgIpc) is 3.82. The molecule has 0 radical (unpaired) electrons. The molecule has 0 aromatic rings. The highest BCUT2D eigenvalue weighted by Gasteiger charge is 2.72. The molecule has 208 valence electrons. The van der Waals surface area contributed by atoms with Crippen molar-refractivity contribution in [2.75, 3.05) is 0 Å². The van der Waals surface area contributed by atoms with Crippen molar-refractivity contribution in [2.45, 2.75) is 51.4 Å². The van der Waals surface area contributed by atoms with E-state index in [-0.39, 0.29) is 0 Å². The second kappa shape index (κ2) is 8.08. The van der Waals surface area contributed by atoms with Crippen molar-refractivity contribution in [2.24, 2.45) is 118 Å². The normalized spacial score (nSPS) is 63.6. The molecule has 0 amide bonds. The van der Waals surface area contributed by atoms with Gasteiger partial charge in [0.2, 0.25) is 0 Å². The van der Waals surface area contributed by atoms with Crippen molar-refractivity contribution >= 4 is 0 Å². The van der Waals surface area contributed by atoms with Gasteiger partial charge in [-0.15, -0.1) is 0 Å². The first-order valence-corrected chi connectivity index (χ1v) is 17.9. The van der Waals surface area contributed by atoms with Gasteiger partial charge in [0, 0.05) is 0 Å². The molecule has 0 saturated heterocycles. The lowest BCUT2D eigenvalue weighted by molar-refractivity contribution is 0.0160. The van der Waals surface area contributed by atoms with E-state index in [1.165, 1.54) is 31.1 Å². The van der Waals surface area contributed by atoms with Crippen LogP contribution in [-0.4, -0.2) is 0 Å². The molecular formula is C40H48. The van der Waals surface area contributed by atoms with Crippen LogP contribution in [0.5, 0.6) is 0 Å². The molecule has 0 N–H and O–H groups in total. The fraction of sp³-hybridized carbons (Fsp3) is 0.700. The first-order valence-electron chi connectivity index (χ1n) is 17.9. The Morgan fingerprint density at radius 1 is 0.325 bits per heavy atom. The lowest BCUT2D eigenvalue weighted by Gasteiger charge is -2.47. The maximum Gasteiger partial charge on any atom is -0.0163 e. The molecule has 20 atom stereocenters. The summed E-state index contributed by atoms with van der Waals surface area (Å²) in [5.74, 6) is 21.8. The lowest BCUT2D eigenvalue weighted by Crippen LogP contribution is -2.43. The quantitative estimate of drug-likeness (QED) is 0.217. The Morgan fingerprint density at radius 3 is 1.27 bits per heavy atom. The third-order valence-electron chi connectivity index (χ3n) is 16.5. The predicted molar refractivity (Wildman–Crippen MR) is 162 cm³/mol. The molecule has 13 rings (SSSR count). The number of fused-ring (bicyclic) bond motifs is 31. The minimum atomic E-state index is 0.991. The van der Waals surface area contributed by atoms with Gasteiger partial charge in [0.25, 0.3) is 0 Å². The zero-order valence-corrected chi connectivity index (χ0v) is 24.1. The van der Waals surface area contributed by atoms with E-state index in [0.717, 1.165) is 113 Å². The largest absolute Gasteiger partial charge is 0.0879 e. The molecule has 8 saturated carbocycles. The monoisotopic (exact) mass is 528 g/mol. The fourth-order valence-corrected chi connectivity index (χ4v) is 16.1. The van der Waals surface area contributed by atoms with Gasteiger partial charge >= 0.3 is 0 Å². The molecular weight excluding hydrogens is 480 g/mol. The summed E-state index contributed by atoms with van der Waals surface area (Å²) in [7, 11) is 0. The summed E-state index contributed by atoms with van der Waals surface area (Å²) in [5.41, 5.74) is 0. The van der Waals surface area contributed by atoms with E-state index in [2.05, 4.69) is 72.9 Å². The molecule has 8 fully saturated rings. The highest BCUT2D eigenvalue weighted by atomic mass is 14.8. The topological polar surface area (TPSA) is 0 Å². The van der Waals surface area contributed by atoms with Crippen molar-refractivity contribution < 1.29 is 0 Å². The third kappa shape index (κ3) is 2.73. The standard InChI is InChI=1S/C20H24.C15H18.C5H6/c1-2-11-12(3-1)14-7-13(11)19-15-8-16(20(14)19)18-10-5-4-9(6-10)17(15)18;1-2-10-11(3-1)13-7-12(10)14-8-4-5-9(6-8)15(13)14;1-2-4-5-3-1/h1-2,4-5,9-20H,3,6-8H2;1-2,4-5,8-15H,3,6-7H2;1-4H,5H2. The second-order valence-corrected chi connectivity index (χ2v) is 17.0. The van der Waals surface area contributed by atoms with Crippen LogP contribution >= 0.6 is 0 Å². The van der Waals surface area contributed by atoms with E-state index in [4.69, 9.17) is 0 Å². The fourth-order valence-electron chi connectivity index (χ4n) is 16.1. The Labute approximate surface area is 242 Å². The third-order valence-corrected chi connectivity index (χ3v) is 16.5. The Kier molecular flexibility index (Phi) is 4.64. The summed E-state index contributed by atoms with van der Waals surface area (Å²) in [5, 5.41) is 0. The van der Waals surface area contributed by atoms with Gasteiger partial charge < -0.3 is 0 Å². The predicted octanol–water partition coefficient (Wildman–Crippen LogP) is 8.92. The summed E-state index contributed by atoms with van der Waals surface area (Å²) in [6.45, 7) is 0. The number of rotatable bonds is 0. The second-order valence-electron chi connectivity index (χ2n) is 17.0. The molecule has 0 nitrogen and oxygen atoms in total. The molecule has 40 heavy (non-hydrogen) atoms. The molecule has 13 aliphatic rings. The van der Waals surface area contributed by atoms with Crippen molar-refractivity contribution in [3.8, 4) is 0 Å². The van der Waals surface area contributed by atoms with Crippen LogP contribution in [0, 0.1) is 118 Å². The first-order chi connectivity index (χ1) is 19.8. The Balaban J connectivity index is 0.0000000918. The summed E-state index contributed by atoms with van der Waals surface area (Å²) < 4.78 is 0. The van der Waals surface area contributed by atoms with Gasteiger partial charge in [0.15, 0.2) is 0 Å². The Bertz CT molecular complexity index is 1260. The highest BCUT2D eigenvalue weighted by molar-refractivity contribution is 5.28. The van der Waals surface area contributed by atoms with Crippen LogP contribution in [0.25, 0.3) is 0 Å². The van der Waals surface area contributed by atoms with E-state index in [0.29, 0.717) is 0 Å². The van der Waals surface area contributed by atoms with Crippen molar-refractivity contribution in [3.63, 3.8) is 0 Å². The minimum Gasteiger partial charge on any atom is -0.0879 e. The van der Waals surface area contributed by atoms with Crippen LogP contribution in [0.2, 0.25) is 0 Å². The van der Waals surface area contributed by atoms with E-state index in [1.54, 1.807) is 25.7 Å². The van der Waals surface area contributed by atoms with Gasteiger partial charge in [-0.3, -0.25) is 0 Å². The van der Waals surface area contributed by atoms with Gasteiger partial charge in [-0.25, -0.2) is 0 Å². The van der Waals surface area contributed by atoms with Gasteiger partial charge in [0.05, 0.1) is 0 Å². The number of hydrogen-bond acceptors (Lipinski definition) is 0. The van der Waals surface area contributed by atoms with Gasteiger partial charge in [0.1, 0.15) is 0 Å². The van der Waals surface area contributed by atoms with E-state index < -0.39 is 0 Å². The molecule has 0 spiro atoms. The molecule has 0 heterocycles. The van der Waals surface area contributed by atoms with Crippen molar-refractivity contribution in [1.29, 1.82) is 0 Å². The average molecular weight is 529 g/mol. The molecule has 13 aliphatic carbocycles. The van der Waals surface area contributed by atoms with E-state index >= 15 is 0 Å². The van der Waals surface area contributed by atoms with Crippen LogP contribution in [-0.2, 0) is 0 Å². The molecule has 0 aromatic carbocycles. The molecule has 20 unspecified atom stereocenters. The minimum absolute atomic E-state index is 0.991. The molecule has 0 aliphatic heterocycles. The summed E-state index contributed by atoms with van der Waals surface area (Å²) in [6.07, 6.45) is 40.8.